The maximum atomic E-state index is 12.4. The number of rotatable bonds is 7. The maximum absolute atomic E-state index is 12.4. The number of para-hydroxylation sites is 2. The molecule has 0 aliphatic rings. The zero-order chi connectivity index (χ0) is 20.3. The molecule has 9 heteroatoms. The number of amides is 1. The van der Waals surface area contributed by atoms with Crippen LogP contribution in [-0.2, 0) is 16.6 Å². The van der Waals surface area contributed by atoms with Crippen LogP contribution in [0.5, 0.6) is 0 Å². The van der Waals surface area contributed by atoms with Gasteiger partial charge in [-0.25, -0.2) is 17.7 Å². The van der Waals surface area contributed by atoms with Crippen molar-refractivity contribution < 1.29 is 13.2 Å². The van der Waals surface area contributed by atoms with Gasteiger partial charge in [-0.2, -0.15) is 0 Å². The molecule has 0 aliphatic carbocycles. The molecular formula is C19H21ClN4O3S. The number of sulfonamides is 1. The number of hydrogen-bond donors (Lipinski definition) is 1. The van der Waals surface area contributed by atoms with Gasteiger partial charge in [0, 0.05) is 32.7 Å². The topological polar surface area (TPSA) is 84.3 Å². The van der Waals surface area contributed by atoms with Gasteiger partial charge in [-0.05, 0) is 36.8 Å². The lowest BCUT2D eigenvalue weighted by atomic mass is 10.2. The SMILES string of the molecule is CN(C)S(=O)(=O)c1cc(C(=O)NCCCn2cnc3ccccc32)ccc1Cl. The Hall–Kier alpha value is -2.42. The molecule has 2 aromatic carbocycles. The average molecular weight is 421 g/mol. The van der Waals surface area contributed by atoms with E-state index in [4.69, 9.17) is 11.6 Å². The van der Waals surface area contributed by atoms with Crippen molar-refractivity contribution in [2.45, 2.75) is 17.9 Å². The van der Waals surface area contributed by atoms with Crippen LogP contribution in [0.1, 0.15) is 16.8 Å². The lowest BCUT2D eigenvalue weighted by Gasteiger charge is -2.14. The van der Waals surface area contributed by atoms with Crippen LogP contribution in [0.4, 0.5) is 0 Å². The third-order valence-corrected chi connectivity index (χ3v) is 6.64. The van der Waals surface area contributed by atoms with E-state index in [0.29, 0.717) is 19.5 Å². The first-order valence-electron chi connectivity index (χ1n) is 8.71. The fourth-order valence-electron chi connectivity index (χ4n) is 2.78. The summed E-state index contributed by atoms with van der Waals surface area (Å²) in [6, 6.07) is 12.1. The highest BCUT2D eigenvalue weighted by Gasteiger charge is 2.22. The smallest absolute Gasteiger partial charge is 0.251 e. The van der Waals surface area contributed by atoms with Crippen molar-refractivity contribution >= 4 is 38.6 Å². The largest absolute Gasteiger partial charge is 0.352 e. The van der Waals surface area contributed by atoms with Crippen LogP contribution < -0.4 is 5.32 Å². The van der Waals surface area contributed by atoms with E-state index in [9.17, 15) is 13.2 Å². The number of aromatic nitrogens is 2. The van der Waals surface area contributed by atoms with E-state index < -0.39 is 10.0 Å². The van der Waals surface area contributed by atoms with Crippen molar-refractivity contribution in [2.75, 3.05) is 20.6 Å². The van der Waals surface area contributed by atoms with E-state index in [1.54, 1.807) is 6.33 Å². The van der Waals surface area contributed by atoms with Crippen molar-refractivity contribution in [3.05, 3.63) is 59.4 Å². The van der Waals surface area contributed by atoms with Crippen molar-refractivity contribution in [3.63, 3.8) is 0 Å². The molecule has 0 radical (unpaired) electrons. The zero-order valence-corrected chi connectivity index (χ0v) is 17.2. The van der Waals surface area contributed by atoms with Gasteiger partial charge < -0.3 is 9.88 Å². The number of nitrogens with zero attached hydrogens (tertiary/aromatic N) is 3. The number of hydrogen-bond acceptors (Lipinski definition) is 4. The molecule has 148 valence electrons. The normalized spacial score (nSPS) is 11.9. The van der Waals surface area contributed by atoms with Crippen LogP contribution >= 0.6 is 11.6 Å². The van der Waals surface area contributed by atoms with Crippen LogP contribution in [0.3, 0.4) is 0 Å². The Morgan fingerprint density at radius 2 is 1.96 bits per heavy atom. The van der Waals surface area contributed by atoms with Gasteiger partial charge in [0.2, 0.25) is 10.0 Å². The molecule has 1 heterocycles. The summed E-state index contributed by atoms with van der Waals surface area (Å²) in [5.41, 5.74) is 2.23. The Bertz CT molecular complexity index is 1110. The minimum Gasteiger partial charge on any atom is -0.352 e. The van der Waals surface area contributed by atoms with Gasteiger partial charge in [0.25, 0.3) is 5.91 Å². The highest BCUT2D eigenvalue weighted by molar-refractivity contribution is 7.89. The number of carbonyl (C=O) groups excluding carboxylic acids is 1. The molecule has 3 rings (SSSR count). The van der Waals surface area contributed by atoms with Gasteiger partial charge in [0.05, 0.1) is 22.4 Å². The fourth-order valence-corrected chi connectivity index (χ4v) is 4.17. The Kier molecular flexibility index (Phi) is 6.02. The van der Waals surface area contributed by atoms with Crippen molar-refractivity contribution in [2.24, 2.45) is 0 Å². The molecule has 0 aliphatic heterocycles. The average Bonchev–Trinajstić information content (AvgIpc) is 3.08. The van der Waals surface area contributed by atoms with E-state index in [-0.39, 0.29) is 21.4 Å². The summed E-state index contributed by atoms with van der Waals surface area (Å²) < 4.78 is 27.7. The molecule has 0 bridgehead atoms. The Morgan fingerprint density at radius 3 is 2.71 bits per heavy atom. The molecule has 0 unspecified atom stereocenters. The summed E-state index contributed by atoms with van der Waals surface area (Å²) in [7, 11) is -0.898. The number of benzene rings is 2. The molecule has 1 amide bonds. The molecule has 28 heavy (non-hydrogen) atoms. The number of imidazole rings is 1. The van der Waals surface area contributed by atoms with E-state index >= 15 is 0 Å². The van der Waals surface area contributed by atoms with Gasteiger partial charge in [0.15, 0.2) is 0 Å². The summed E-state index contributed by atoms with van der Waals surface area (Å²) in [5.74, 6) is -0.345. The molecule has 0 saturated carbocycles. The van der Waals surface area contributed by atoms with Gasteiger partial charge in [-0.15, -0.1) is 0 Å². The van der Waals surface area contributed by atoms with Crippen LogP contribution in [-0.4, -0.2) is 48.8 Å². The molecule has 0 atom stereocenters. The highest BCUT2D eigenvalue weighted by Crippen LogP contribution is 2.24. The molecule has 3 aromatic rings. The number of halogens is 1. The lowest BCUT2D eigenvalue weighted by Crippen LogP contribution is -2.26. The third-order valence-electron chi connectivity index (χ3n) is 4.34. The van der Waals surface area contributed by atoms with Gasteiger partial charge in [-0.1, -0.05) is 23.7 Å². The summed E-state index contributed by atoms with van der Waals surface area (Å²) in [5, 5.41) is 2.89. The fraction of sp³-hybridized carbons (Fsp3) is 0.263. The maximum Gasteiger partial charge on any atom is 0.251 e. The Labute approximate surface area is 169 Å². The summed E-state index contributed by atoms with van der Waals surface area (Å²) in [6.07, 6.45) is 2.49. The van der Waals surface area contributed by atoms with Crippen LogP contribution in [0.15, 0.2) is 53.7 Å². The minimum absolute atomic E-state index is 0.0808. The standard InChI is InChI=1S/C19H21ClN4O3S/c1-23(2)28(26,27)18-12-14(8-9-15(18)20)19(25)21-10-5-11-24-13-22-16-6-3-4-7-17(16)24/h3-4,6-9,12-13H,5,10-11H2,1-2H3,(H,21,25). The zero-order valence-electron chi connectivity index (χ0n) is 15.6. The van der Waals surface area contributed by atoms with Gasteiger partial charge >= 0.3 is 0 Å². The van der Waals surface area contributed by atoms with Crippen LogP contribution in [0.2, 0.25) is 5.02 Å². The second-order valence-electron chi connectivity index (χ2n) is 6.47. The predicted octanol–water partition coefficient (Wildman–Crippen LogP) is 2.76. The van der Waals surface area contributed by atoms with Gasteiger partial charge in [0.1, 0.15) is 4.90 Å². The van der Waals surface area contributed by atoms with Crippen molar-refractivity contribution in [1.29, 1.82) is 0 Å². The lowest BCUT2D eigenvalue weighted by molar-refractivity contribution is 0.0952. The second-order valence-corrected chi connectivity index (χ2v) is 9.00. The number of nitrogens with one attached hydrogen (secondary N) is 1. The molecule has 0 saturated heterocycles. The van der Waals surface area contributed by atoms with Gasteiger partial charge in [-0.3, -0.25) is 4.79 Å². The van der Waals surface area contributed by atoms with E-state index in [1.807, 2.05) is 28.8 Å². The Morgan fingerprint density at radius 1 is 1.21 bits per heavy atom. The number of fused-ring (bicyclic) bond motifs is 1. The van der Waals surface area contributed by atoms with Crippen molar-refractivity contribution in [3.8, 4) is 0 Å². The first kappa shape index (κ1) is 20.3. The summed E-state index contributed by atoms with van der Waals surface area (Å²) in [4.78, 5) is 16.6. The van der Waals surface area contributed by atoms with E-state index in [0.717, 1.165) is 15.3 Å². The summed E-state index contributed by atoms with van der Waals surface area (Å²) >= 11 is 6.01. The first-order chi connectivity index (χ1) is 13.3. The Balaban J connectivity index is 1.62. The highest BCUT2D eigenvalue weighted by atomic mass is 35.5. The third kappa shape index (κ3) is 4.19. The number of aryl methyl sites for hydroxylation is 1. The molecule has 1 aromatic heterocycles. The molecule has 1 N–H and O–H groups in total. The minimum atomic E-state index is -3.73. The molecule has 7 nitrogen and oxygen atoms in total. The second kappa shape index (κ2) is 8.30. The summed E-state index contributed by atoms with van der Waals surface area (Å²) in [6.45, 7) is 1.16. The molecule has 0 spiro atoms. The first-order valence-corrected chi connectivity index (χ1v) is 10.5. The van der Waals surface area contributed by atoms with E-state index in [2.05, 4.69) is 10.3 Å². The number of carbonyl (C=O) groups is 1. The van der Waals surface area contributed by atoms with Crippen LogP contribution in [0.25, 0.3) is 11.0 Å². The molecular weight excluding hydrogens is 400 g/mol. The van der Waals surface area contributed by atoms with E-state index in [1.165, 1.54) is 32.3 Å². The molecule has 0 fully saturated rings. The van der Waals surface area contributed by atoms with Crippen LogP contribution in [0, 0.1) is 0 Å². The monoisotopic (exact) mass is 420 g/mol. The quantitative estimate of drug-likeness (QED) is 0.595. The predicted molar refractivity (Wildman–Crippen MR) is 109 cm³/mol. The van der Waals surface area contributed by atoms with Crippen molar-refractivity contribution in [1.82, 2.24) is 19.2 Å².